The lowest BCUT2D eigenvalue weighted by Gasteiger charge is -2.17. The number of carbonyl (C=O) groups is 1. The van der Waals surface area contributed by atoms with Crippen LogP contribution < -0.4 is 4.74 Å². The number of rotatable bonds is 4. The van der Waals surface area contributed by atoms with Gasteiger partial charge in [-0.05, 0) is 24.1 Å². The van der Waals surface area contributed by atoms with E-state index in [2.05, 4.69) is 0 Å². The molecule has 98 valence electrons. The van der Waals surface area contributed by atoms with Crippen LogP contribution in [0.15, 0.2) is 24.3 Å². The van der Waals surface area contributed by atoms with Crippen LogP contribution in [0.4, 0.5) is 0 Å². The molecule has 0 aliphatic carbocycles. The number of methoxy groups -OCH3 is 1. The Balaban J connectivity index is 2.00. The monoisotopic (exact) mass is 250 g/mol. The molecule has 1 saturated heterocycles. The Morgan fingerprint density at radius 2 is 2.28 bits per heavy atom. The molecule has 0 amide bonds. The minimum Gasteiger partial charge on any atom is -0.497 e. The zero-order valence-electron chi connectivity index (χ0n) is 10.7. The summed E-state index contributed by atoms with van der Waals surface area (Å²) in [4.78, 5) is 11.0. The van der Waals surface area contributed by atoms with Crippen LogP contribution >= 0.6 is 0 Å². The normalized spacial score (nSPS) is 22.8. The largest absolute Gasteiger partial charge is 0.497 e. The van der Waals surface area contributed by atoms with Crippen LogP contribution in [0.1, 0.15) is 12.5 Å². The van der Waals surface area contributed by atoms with Crippen LogP contribution in [-0.2, 0) is 20.7 Å². The van der Waals surface area contributed by atoms with Crippen molar-refractivity contribution < 1.29 is 19.0 Å². The molecule has 1 fully saturated rings. The molecule has 0 N–H and O–H groups in total. The molecule has 4 nitrogen and oxygen atoms in total. The molecule has 1 heterocycles. The fourth-order valence-electron chi connectivity index (χ4n) is 2.21. The Morgan fingerprint density at radius 3 is 3.00 bits per heavy atom. The van der Waals surface area contributed by atoms with Crippen LogP contribution in [0.3, 0.4) is 0 Å². The Kier molecular flexibility index (Phi) is 4.20. The van der Waals surface area contributed by atoms with E-state index in [1.54, 1.807) is 7.11 Å². The van der Waals surface area contributed by atoms with Crippen LogP contribution in [0.5, 0.6) is 5.75 Å². The highest BCUT2D eigenvalue weighted by Crippen LogP contribution is 2.23. The molecule has 1 aliphatic rings. The second-order valence-corrected chi connectivity index (χ2v) is 4.50. The third kappa shape index (κ3) is 3.23. The van der Waals surface area contributed by atoms with E-state index in [0.29, 0.717) is 13.2 Å². The highest BCUT2D eigenvalue weighted by Gasteiger charge is 2.30. The molecule has 1 aliphatic heterocycles. The van der Waals surface area contributed by atoms with E-state index in [4.69, 9.17) is 14.2 Å². The molecular weight excluding hydrogens is 232 g/mol. The maximum atomic E-state index is 11.0. The Hall–Kier alpha value is -1.55. The minimum atomic E-state index is -0.249. The van der Waals surface area contributed by atoms with Crippen molar-refractivity contribution in [2.24, 2.45) is 5.92 Å². The van der Waals surface area contributed by atoms with Crippen LogP contribution in [-0.4, -0.2) is 32.4 Å². The number of benzene rings is 1. The van der Waals surface area contributed by atoms with Gasteiger partial charge < -0.3 is 14.2 Å². The van der Waals surface area contributed by atoms with Gasteiger partial charge in [0.25, 0.3) is 0 Å². The molecule has 0 unspecified atom stereocenters. The molecule has 0 aromatic heterocycles. The first-order chi connectivity index (χ1) is 8.69. The average Bonchev–Trinajstić information content (AvgIpc) is 2.76. The zero-order valence-corrected chi connectivity index (χ0v) is 10.7. The molecule has 2 atom stereocenters. The van der Waals surface area contributed by atoms with Crippen molar-refractivity contribution in [1.29, 1.82) is 0 Å². The lowest BCUT2D eigenvalue weighted by atomic mass is 9.96. The fraction of sp³-hybridized carbons (Fsp3) is 0.500. The predicted octanol–water partition coefficient (Wildman–Crippen LogP) is 1.82. The summed E-state index contributed by atoms with van der Waals surface area (Å²) < 4.78 is 15.8. The summed E-state index contributed by atoms with van der Waals surface area (Å²) in [7, 11) is 1.65. The van der Waals surface area contributed by atoms with Crippen molar-refractivity contribution >= 4 is 5.97 Å². The smallest absolute Gasteiger partial charge is 0.302 e. The van der Waals surface area contributed by atoms with Crippen molar-refractivity contribution in [2.45, 2.75) is 19.4 Å². The highest BCUT2D eigenvalue weighted by molar-refractivity contribution is 5.66. The second kappa shape index (κ2) is 5.87. The first kappa shape index (κ1) is 12.9. The topological polar surface area (TPSA) is 44.8 Å². The van der Waals surface area contributed by atoms with Gasteiger partial charge in [0.05, 0.1) is 20.3 Å². The third-order valence-corrected chi connectivity index (χ3v) is 3.09. The van der Waals surface area contributed by atoms with Crippen LogP contribution in [0, 0.1) is 5.92 Å². The fourth-order valence-corrected chi connectivity index (χ4v) is 2.21. The van der Waals surface area contributed by atoms with Crippen LogP contribution in [0.25, 0.3) is 0 Å². The number of hydrogen-bond acceptors (Lipinski definition) is 4. The summed E-state index contributed by atoms with van der Waals surface area (Å²) in [5.41, 5.74) is 1.17. The molecule has 0 radical (unpaired) electrons. The van der Waals surface area contributed by atoms with Crippen molar-refractivity contribution in [1.82, 2.24) is 0 Å². The molecular formula is C14H18O4. The van der Waals surface area contributed by atoms with Crippen molar-refractivity contribution in [3.05, 3.63) is 29.8 Å². The lowest BCUT2D eigenvalue weighted by Crippen LogP contribution is -2.26. The summed E-state index contributed by atoms with van der Waals surface area (Å²) >= 11 is 0. The number of hydrogen-bond donors (Lipinski definition) is 0. The van der Waals surface area contributed by atoms with E-state index in [0.717, 1.165) is 12.2 Å². The van der Waals surface area contributed by atoms with E-state index in [1.807, 2.05) is 24.3 Å². The first-order valence-corrected chi connectivity index (χ1v) is 6.07. The SMILES string of the molecule is COc1cccc(C[C@H]2COC[C@H]2OC(C)=O)c1. The van der Waals surface area contributed by atoms with E-state index in [9.17, 15) is 4.79 Å². The number of esters is 1. The predicted molar refractivity (Wildman–Crippen MR) is 66.6 cm³/mol. The van der Waals surface area contributed by atoms with Gasteiger partial charge in [-0.15, -0.1) is 0 Å². The van der Waals surface area contributed by atoms with Crippen molar-refractivity contribution in [3.63, 3.8) is 0 Å². The molecule has 4 heteroatoms. The third-order valence-electron chi connectivity index (χ3n) is 3.09. The Bertz CT molecular complexity index is 416. The van der Waals surface area contributed by atoms with Crippen LogP contribution in [0.2, 0.25) is 0 Å². The van der Waals surface area contributed by atoms with E-state index in [1.165, 1.54) is 12.5 Å². The van der Waals surface area contributed by atoms with Gasteiger partial charge in [-0.2, -0.15) is 0 Å². The van der Waals surface area contributed by atoms with E-state index >= 15 is 0 Å². The molecule has 18 heavy (non-hydrogen) atoms. The standard InChI is InChI=1S/C14H18O4/c1-10(15)18-14-9-17-8-12(14)6-11-4-3-5-13(7-11)16-2/h3-5,7,12,14H,6,8-9H2,1-2H3/t12-,14+/m0/s1. The minimum absolute atomic E-state index is 0.131. The zero-order chi connectivity index (χ0) is 13.0. The Labute approximate surface area is 107 Å². The molecule has 0 spiro atoms. The highest BCUT2D eigenvalue weighted by atomic mass is 16.6. The van der Waals surface area contributed by atoms with Gasteiger partial charge in [-0.3, -0.25) is 4.79 Å². The summed E-state index contributed by atoms with van der Waals surface area (Å²) in [6.07, 6.45) is 0.698. The van der Waals surface area contributed by atoms with Gasteiger partial charge in [-0.25, -0.2) is 0 Å². The quantitative estimate of drug-likeness (QED) is 0.765. The van der Waals surface area contributed by atoms with Gasteiger partial charge in [0.15, 0.2) is 0 Å². The van der Waals surface area contributed by atoms with Gasteiger partial charge in [0, 0.05) is 12.8 Å². The van der Waals surface area contributed by atoms with Gasteiger partial charge in [0.1, 0.15) is 11.9 Å². The molecule has 1 aromatic carbocycles. The van der Waals surface area contributed by atoms with Gasteiger partial charge in [0.2, 0.25) is 0 Å². The second-order valence-electron chi connectivity index (χ2n) is 4.50. The molecule has 1 aromatic rings. The summed E-state index contributed by atoms with van der Waals surface area (Å²) in [5, 5.41) is 0. The molecule has 0 bridgehead atoms. The molecule has 0 saturated carbocycles. The maximum Gasteiger partial charge on any atom is 0.302 e. The summed E-state index contributed by atoms with van der Waals surface area (Å²) in [6, 6.07) is 7.93. The Morgan fingerprint density at radius 1 is 1.44 bits per heavy atom. The average molecular weight is 250 g/mol. The van der Waals surface area contributed by atoms with E-state index in [-0.39, 0.29) is 18.0 Å². The van der Waals surface area contributed by atoms with Crippen molar-refractivity contribution in [3.8, 4) is 5.75 Å². The van der Waals surface area contributed by atoms with Crippen molar-refractivity contribution in [2.75, 3.05) is 20.3 Å². The van der Waals surface area contributed by atoms with Gasteiger partial charge >= 0.3 is 5.97 Å². The molecule has 2 rings (SSSR count). The number of ether oxygens (including phenoxy) is 3. The van der Waals surface area contributed by atoms with E-state index < -0.39 is 0 Å². The first-order valence-electron chi connectivity index (χ1n) is 6.07. The maximum absolute atomic E-state index is 11.0. The number of carbonyl (C=O) groups excluding carboxylic acids is 1. The summed E-state index contributed by atoms with van der Waals surface area (Å²) in [6.45, 7) is 2.56. The van der Waals surface area contributed by atoms with Gasteiger partial charge in [-0.1, -0.05) is 12.1 Å². The lowest BCUT2D eigenvalue weighted by molar-refractivity contribution is -0.147. The summed E-state index contributed by atoms with van der Waals surface area (Å²) in [5.74, 6) is 0.817.